The molecule has 0 bridgehead atoms. The number of nitrogen functional groups attached to an aromatic ring is 2. The molecule has 2 aromatic rings. The Labute approximate surface area is 111 Å². The summed E-state index contributed by atoms with van der Waals surface area (Å²) < 4.78 is 17.1. The average molecular weight is 280 g/mol. The zero-order valence-electron chi connectivity index (χ0n) is 9.74. The Bertz CT molecular complexity index is 646. The fraction of sp³-hybridized carbons (Fsp3) is 0. The van der Waals surface area contributed by atoms with Crippen molar-refractivity contribution in [1.82, 2.24) is 0 Å². The molecule has 1 unspecified atom stereocenters. The van der Waals surface area contributed by atoms with Gasteiger partial charge in [0.25, 0.3) is 0 Å². The highest BCUT2D eigenvalue weighted by molar-refractivity contribution is 7.80. The minimum atomic E-state index is -1.80. The number of aromatic hydroxyl groups is 2. The Balaban J connectivity index is 2.20. The average Bonchev–Trinajstić information content (AvgIpc) is 2.37. The largest absolute Gasteiger partial charge is 0.506 e. The Morgan fingerprint density at radius 3 is 2.11 bits per heavy atom. The van der Waals surface area contributed by atoms with Gasteiger partial charge < -0.3 is 25.9 Å². The number of phenols is 2. The summed E-state index contributed by atoms with van der Waals surface area (Å²) in [5, 5.41) is 18.5. The SMILES string of the molecule is Nc1cc(OS(=O)c2ccc(O)c(N)c2)ccc1O. The molecular formula is C12H12N2O4S. The highest BCUT2D eigenvalue weighted by Gasteiger charge is 2.10. The molecule has 0 radical (unpaired) electrons. The van der Waals surface area contributed by atoms with Crippen molar-refractivity contribution in [1.29, 1.82) is 0 Å². The van der Waals surface area contributed by atoms with Crippen LogP contribution in [0.1, 0.15) is 0 Å². The fourth-order valence-corrected chi connectivity index (χ4v) is 2.13. The van der Waals surface area contributed by atoms with E-state index >= 15 is 0 Å². The lowest BCUT2D eigenvalue weighted by Gasteiger charge is -2.07. The number of benzene rings is 2. The van der Waals surface area contributed by atoms with E-state index in [1.54, 1.807) is 0 Å². The molecule has 2 rings (SSSR count). The topological polar surface area (TPSA) is 119 Å². The van der Waals surface area contributed by atoms with Crippen molar-refractivity contribution in [2.45, 2.75) is 4.90 Å². The number of anilines is 2. The van der Waals surface area contributed by atoms with E-state index in [2.05, 4.69) is 0 Å². The van der Waals surface area contributed by atoms with Crippen molar-refractivity contribution in [2.75, 3.05) is 11.5 Å². The van der Waals surface area contributed by atoms with Gasteiger partial charge in [0.2, 0.25) is 11.1 Å². The third-order valence-electron chi connectivity index (χ3n) is 2.36. The highest BCUT2D eigenvalue weighted by Crippen LogP contribution is 2.27. The minimum Gasteiger partial charge on any atom is -0.506 e. The molecule has 0 heterocycles. The first-order valence-corrected chi connectivity index (χ1v) is 6.32. The zero-order valence-corrected chi connectivity index (χ0v) is 10.6. The summed E-state index contributed by atoms with van der Waals surface area (Å²) in [6.45, 7) is 0. The van der Waals surface area contributed by atoms with E-state index in [1.165, 1.54) is 36.4 Å². The van der Waals surface area contributed by atoms with Crippen LogP contribution in [0.25, 0.3) is 0 Å². The van der Waals surface area contributed by atoms with E-state index in [-0.39, 0.29) is 28.6 Å². The number of nitrogens with two attached hydrogens (primary N) is 2. The molecule has 6 nitrogen and oxygen atoms in total. The Morgan fingerprint density at radius 1 is 0.947 bits per heavy atom. The van der Waals surface area contributed by atoms with Crippen LogP contribution in [0.3, 0.4) is 0 Å². The lowest BCUT2D eigenvalue weighted by molar-refractivity contribution is 0.475. The Kier molecular flexibility index (Phi) is 3.48. The molecule has 0 aliphatic heterocycles. The third-order valence-corrected chi connectivity index (χ3v) is 3.35. The Morgan fingerprint density at radius 2 is 1.53 bits per heavy atom. The van der Waals surface area contributed by atoms with E-state index in [1.807, 2.05) is 0 Å². The smallest absolute Gasteiger partial charge is 0.240 e. The molecule has 1 atom stereocenters. The molecular weight excluding hydrogens is 268 g/mol. The van der Waals surface area contributed by atoms with Crippen molar-refractivity contribution in [3.8, 4) is 17.2 Å². The van der Waals surface area contributed by atoms with Gasteiger partial charge in [-0.15, -0.1) is 0 Å². The molecule has 2 aromatic carbocycles. The van der Waals surface area contributed by atoms with Gasteiger partial charge in [0, 0.05) is 6.07 Å². The van der Waals surface area contributed by atoms with Crippen molar-refractivity contribution < 1.29 is 18.6 Å². The van der Waals surface area contributed by atoms with Crippen LogP contribution in [-0.4, -0.2) is 14.4 Å². The first kappa shape index (κ1) is 13.0. The predicted octanol–water partition coefficient (Wildman–Crippen LogP) is 1.36. The zero-order chi connectivity index (χ0) is 14.0. The molecule has 0 aliphatic carbocycles. The van der Waals surface area contributed by atoms with Gasteiger partial charge in [0.15, 0.2) is 0 Å². The number of hydrogen-bond acceptors (Lipinski definition) is 6. The van der Waals surface area contributed by atoms with Gasteiger partial charge in [-0.05, 0) is 30.3 Å². The first-order valence-electron chi connectivity index (χ1n) is 5.24. The van der Waals surface area contributed by atoms with Crippen LogP contribution in [0.4, 0.5) is 11.4 Å². The van der Waals surface area contributed by atoms with Crippen molar-refractivity contribution in [2.24, 2.45) is 0 Å². The monoisotopic (exact) mass is 280 g/mol. The van der Waals surface area contributed by atoms with Gasteiger partial charge in [0.1, 0.15) is 17.2 Å². The van der Waals surface area contributed by atoms with Crippen LogP contribution < -0.4 is 15.7 Å². The molecule has 0 aromatic heterocycles. The lowest BCUT2D eigenvalue weighted by atomic mass is 10.3. The summed E-state index contributed by atoms with van der Waals surface area (Å²) in [6, 6.07) is 8.26. The van der Waals surface area contributed by atoms with Gasteiger partial charge in [-0.2, -0.15) is 0 Å². The highest BCUT2D eigenvalue weighted by atomic mass is 32.2. The van der Waals surface area contributed by atoms with E-state index in [0.717, 1.165) is 0 Å². The van der Waals surface area contributed by atoms with Crippen LogP contribution >= 0.6 is 0 Å². The molecule has 7 heteroatoms. The van der Waals surface area contributed by atoms with Gasteiger partial charge in [-0.25, -0.2) is 4.21 Å². The lowest BCUT2D eigenvalue weighted by Crippen LogP contribution is -2.02. The maximum Gasteiger partial charge on any atom is 0.240 e. The summed E-state index contributed by atoms with van der Waals surface area (Å²) in [5.41, 5.74) is 11.2. The number of phenolic OH excluding ortho intramolecular Hbond substituents is 2. The second-order valence-corrected chi connectivity index (χ2v) is 4.87. The molecule has 0 amide bonds. The van der Waals surface area contributed by atoms with Crippen LogP contribution in [0, 0.1) is 0 Å². The van der Waals surface area contributed by atoms with E-state index < -0.39 is 11.1 Å². The molecule has 0 saturated carbocycles. The van der Waals surface area contributed by atoms with Crippen molar-refractivity contribution >= 4 is 22.5 Å². The second-order valence-electron chi connectivity index (χ2n) is 3.76. The minimum absolute atomic E-state index is 0.0768. The molecule has 0 fully saturated rings. The molecule has 0 saturated heterocycles. The van der Waals surface area contributed by atoms with E-state index in [9.17, 15) is 14.4 Å². The standard InChI is InChI=1S/C12H12N2O4S/c13-9-5-7(1-3-11(9)15)18-19(17)8-2-4-12(16)10(14)6-8/h1-6,15-16H,13-14H2. The summed E-state index contributed by atoms with van der Waals surface area (Å²) in [5.74, 6) is 0.0851. The summed E-state index contributed by atoms with van der Waals surface area (Å²) in [4.78, 5) is 0.307. The molecule has 19 heavy (non-hydrogen) atoms. The fourth-order valence-electron chi connectivity index (χ4n) is 1.36. The molecule has 100 valence electrons. The maximum atomic E-state index is 11.9. The van der Waals surface area contributed by atoms with E-state index in [4.69, 9.17) is 15.7 Å². The Hall–Kier alpha value is -2.41. The van der Waals surface area contributed by atoms with Gasteiger partial charge in [-0.3, -0.25) is 0 Å². The molecule has 0 spiro atoms. The molecule has 0 aliphatic rings. The van der Waals surface area contributed by atoms with Gasteiger partial charge in [0.05, 0.1) is 16.3 Å². The summed E-state index contributed by atoms with van der Waals surface area (Å²) >= 11 is -1.80. The third kappa shape index (κ3) is 2.89. The van der Waals surface area contributed by atoms with Crippen molar-refractivity contribution in [3.63, 3.8) is 0 Å². The quantitative estimate of drug-likeness (QED) is 0.498. The van der Waals surface area contributed by atoms with Crippen molar-refractivity contribution in [3.05, 3.63) is 36.4 Å². The summed E-state index contributed by atoms with van der Waals surface area (Å²) in [6.07, 6.45) is 0. The van der Waals surface area contributed by atoms with Crippen LogP contribution in [0.2, 0.25) is 0 Å². The van der Waals surface area contributed by atoms with Crippen LogP contribution in [0.15, 0.2) is 41.3 Å². The maximum absolute atomic E-state index is 11.9. The van der Waals surface area contributed by atoms with E-state index in [0.29, 0.717) is 4.90 Å². The number of rotatable bonds is 3. The summed E-state index contributed by atoms with van der Waals surface area (Å²) in [7, 11) is 0. The van der Waals surface area contributed by atoms with Gasteiger partial charge >= 0.3 is 0 Å². The van der Waals surface area contributed by atoms with Crippen LogP contribution in [-0.2, 0) is 11.1 Å². The predicted molar refractivity (Wildman–Crippen MR) is 72.1 cm³/mol. The van der Waals surface area contributed by atoms with Gasteiger partial charge in [-0.1, -0.05) is 0 Å². The first-order chi connectivity index (χ1) is 8.97. The van der Waals surface area contributed by atoms with Crippen LogP contribution in [0.5, 0.6) is 17.2 Å². The second kappa shape index (κ2) is 5.07. The number of hydrogen-bond donors (Lipinski definition) is 4. The molecule has 6 N–H and O–H groups in total. The normalized spacial score (nSPS) is 12.0.